The standard InChI is InChI=1S/C24H47N5O5/c1-7-15(5)19(22(31)27-18(24(33)34)11-9-10-12-25)29-23(32)20(16(6)8-2)28-21(30)17(26)13-14(3)4/h14-20H,7-13,25-26H2,1-6H3,(H,27,31)(H,28,30)(H,29,32)(H,33,34). The molecule has 0 fully saturated rings. The summed E-state index contributed by atoms with van der Waals surface area (Å²) < 4.78 is 0. The average Bonchev–Trinajstić information content (AvgIpc) is 2.78. The molecule has 34 heavy (non-hydrogen) atoms. The van der Waals surface area contributed by atoms with E-state index < -0.39 is 47.9 Å². The molecule has 0 aliphatic rings. The van der Waals surface area contributed by atoms with E-state index in [0.29, 0.717) is 38.6 Å². The maximum atomic E-state index is 13.2. The van der Waals surface area contributed by atoms with Crippen LogP contribution in [0.2, 0.25) is 0 Å². The van der Waals surface area contributed by atoms with E-state index in [-0.39, 0.29) is 24.2 Å². The van der Waals surface area contributed by atoms with Gasteiger partial charge in [-0.1, -0.05) is 54.4 Å². The predicted octanol–water partition coefficient (Wildman–Crippen LogP) is 1.12. The van der Waals surface area contributed by atoms with Gasteiger partial charge in [-0.25, -0.2) is 4.79 Å². The monoisotopic (exact) mass is 485 g/mol. The van der Waals surface area contributed by atoms with Crippen LogP contribution in [-0.2, 0) is 19.2 Å². The Hall–Kier alpha value is -2.20. The summed E-state index contributed by atoms with van der Waals surface area (Å²) in [6.45, 7) is 11.8. The number of hydrogen-bond donors (Lipinski definition) is 6. The number of aliphatic carboxylic acids is 1. The molecule has 0 saturated heterocycles. The van der Waals surface area contributed by atoms with Crippen molar-refractivity contribution in [1.82, 2.24) is 16.0 Å². The number of carbonyl (C=O) groups is 4. The van der Waals surface area contributed by atoms with Gasteiger partial charge < -0.3 is 32.5 Å². The number of nitrogens with one attached hydrogen (secondary N) is 3. The quantitative estimate of drug-likeness (QED) is 0.167. The SMILES string of the molecule is CCC(C)C(NC(=O)C(N)CC(C)C)C(=O)NC(C(=O)NC(CCCCN)C(=O)O)C(C)CC. The second-order valence-corrected chi connectivity index (χ2v) is 9.66. The molecule has 0 rings (SSSR count). The van der Waals surface area contributed by atoms with Crippen molar-refractivity contribution in [3.8, 4) is 0 Å². The third-order valence-corrected chi connectivity index (χ3v) is 6.21. The highest BCUT2D eigenvalue weighted by molar-refractivity contribution is 5.94. The second-order valence-electron chi connectivity index (χ2n) is 9.66. The summed E-state index contributed by atoms with van der Waals surface area (Å²) in [5.41, 5.74) is 11.5. The van der Waals surface area contributed by atoms with Crippen molar-refractivity contribution in [2.24, 2.45) is 29.2 Å². The molecule has 6 unspecified atom stereocenters. The van der Waals surface area contributed by atoms with Crippen LogP contribution in [0.25, 0.3) is 0 Å². The molecule has 0 aromatic rings. The van der Waals surface area contributed by atoms with Gasteiger partial charge in [0.1, 0.15) is 18.1 Å². The van der Waals surface area contributed by atoms with E-state index in [1.54, 1.807) is 0 Å². The lowest BCUT2D eigenvalue weighted by Crippen LogP contribution is -2.60. The van der Waals surface area contributed by atoms with Crippen LogP contribution in [0.1, 0.15) is 80.1 Å². The highest BCUT2D eigenvalue weighted by atomic mass is 16.4. The van der Waals surface area contributed by atoms with Gasteiger partial charge in [0.05, 0.1) is 6.04 Å². The van der Waals surface area contributed by atoms with Crippen molar-refractivity contribution < 1.29 is 24.3 Å². The van der Waals surface area contributed by atoms with Crippen molar-refractivity contribution >= 4 is 23.7 Å². The van der Waals surface area contributed by atoms with Crippen molar-refractivity contribution in [1.29, 1.82) is 0 Å². The second kappa shape index (κ2) is 16.4. The van der Waals surface area contributed by atoms with Crippen LogP contribution in [0.4, 0.5) is 0 Å². The van der Waals surface area contributed by atoms with Crippen LogP contribution >= 0.6 is 0 Å². The van der Waals surface area contributed by atoms with Crippen molar-refractivity contribution in [2.75, 3.05) is 6.54 Å². The molecule has 10 heteroatoms. The Labute approximate surface area is 204 Å². The first-order chi connectivity index (χ1) is 15.9. The summed E-state index contributed by atoms with van der Waals surface area (Å²) in [6, 6.07) is -3.61. The summed E-state index contributed by atoms with van der Waals surface area (Å²) in [4.78, 5) is 50.4. The topological polar surface area (TPSA) is 177 Å². The minimum Gasteiger partial charge on any atom is -0.480 e. The summed E-state index contributed by atoms with van der Waals surface area (Å²) in [5, 5.41) is 17.6. The van der Waals surface area contributed by atoms with E-state index >= 15 is 0 Å². The Morgan fingerprint density at radius 1 is 0.794 bits per heavy atom. The number of carboxylic acid groups (broad SMARTS) is 1. The number of unbranched alkanes of at least 4 members (excludes halogenated alkanes) is 1. The Morgan fingerprint density at radius 3 is 1.68 bits per heavy atom. The number of amides is 3. The highest BCUT2D eigenvalue weighted by Crippen LogP contribution is 2.14. The van der Waals surface area contributed by atoms with Gasteiger partial charge in [0.25, 0.3) is 0 Å². The summed E-state index contributed by atoms with van der Waals surface area (Å²) in [5.74, 6) is -2.82. The zero-order valence-electron chi connectivity index (χ0n) is 21.7. The Balaban J connectivity index is 5.54. The number of carbonyl (C=O) groups excluding carboxylic acids is 3. The zero-order chi connectivity index (χ0) is 26.4. The smallest absolute Gasteiger partial charge is 0.326 e. The molecule has 0 bridgehead atoms. The van der Waals surface area contributed by atoms with Gasteiger partial charge >= 0.3 is 5.97 Å². The van der Waals surface area contributed by atoms with Crippen molar-refractivity contribution in [2.45, 2.75) is 104 Å². The molecular weight excluding hydrogens is 438 g/mol. The number of carboxylic acids is 1. The third-order valence-electron chi connectivity index (χ3n) is 6.21. The molecule has 10 nitrogen and oxygen atoms in total. The lowest BCUT2D eigenvalue weighted by molar-refractivity contribution is -0.143. The molecule has 8 N–H and O–H groups in total. The predicted molar refractivity (Wildman–Crippen MR) is 133 cm³/mol. The molecule has 6 atom stereocenters. The lowest BCUT2D eigenvalue weighted by Gasteiger charge is -2.30. The summed E-state index contributed by atoms with van der Waals surface area (Å²) >= 11 is 0. The molecule has 0 aliphatic heterocycles. The summed E-state index contributed by atoms with van der Waals surface area (Å²) in [7, 11) is 0. The van der Waals surface area contributed by atoms with Crippen LogP contribution in [0.15, 0.2) is 0 Å². The van der Waals surface area contributed by atoms with Crippen LogP contribution in [0.3, 0.4) is 0 Å². The van der Waals surface area contributed by atoms with Crippen molar-refractivity contribution in [3.63, 3.8) is 0 Å². The molecule has 0 aromatic heterocycles. The number of nitrogens with two attached hydrogens (primary N) is 2. The van der Waals surface area contributed by atoms with Gasteiger partial charge in [0, 0.05) is 0 Å². The Kier molecular flexibility index (Phi) is 15.4. The summed E-state index contributed by atoms with van der Waals surface area (Å²) in [6.07, 6.45) is 3.16. The highest BCUT2D eigenvalue weighted by Gasteiger charge is 2.34. The van der Waals surface area contributed by atoms with Crippen LogP contribution in [0.5, 0.6) is 0 Å². The van der Waals surface area contributed by atoms with E-state index in [2.05, 4.69) is 16.0 Å². The van der Waals surface area contributed by atoms with Gasteiger partial charge in [-0.2, -0.15) is 0 Å². The fourth-order valence-corrected chi connectivity index (χ4v) is 3.53. The first kappa shape index (κ1) is 31.8. The molecule has 0 aromatic carbocycles. The fourth-order valence-electron chi connectivity index (χ4n) is 3.53. The zero-order valence-corrected chi connectivity index (χ0v) is 21.7. The van der Waals surface area contributed by atoms with Gasteiger partial charge in [0.15, 0.2) is 0 Å². The van der Waals surface area contributed by atoms with Gasteiger partial charge in [-0.3, -0.25) is 14.4 Å². The normalized spacial score (nSPS) is 16.6. The molecule has 0 spiro atoms. The van der Waals surface area contributed by atoms with Crippen LogP contribution < -0.4 is 27.4 Å². The maximum absolute atomic E-state index is 13.2. The lowest BCUT2D eigenvalue weighted by atomic mass is 9.94. The third kappa shape index (κ3) is 11.3. The van der Waals surface area contributed by atoms with Gasteiger partial charge in [-0.05, 0) is 50.0 Å². The molecule has 0 aliphatic carbocycles. The first-order valence-corrected chi connectivity index (χ1v) is 12.5. The van der Waals surface area contributed by atoms with E-state index in [1.807, 2.05) is 41.5 Å². The molecule has 198 valence electrons. The molecule has 3 amide bonds. The molecular formula is C24H47N5O5. The molecule has 0 saturated carbocycles. The Bertz CT molecular complexity index is 658. The van der Waals surface area contributed by atoms with Crippen LogP contribution in [0, 0.1) is 17.8 Å². The molecule has 0 radical (unpaired) electrons. The van der Waals surface area contributed by atoms with Crippen molar-refractivity contribution in [3.05, 3.63) is 0 Å². The largest absolute Gasteiger partial charge is 0.480 e. The maximum Gasteiger partial charge on any atom is 0.326 e. The van der Waals surface area contributed by atoms with Gasteiger partial charge in [0.2, 0.25) is 17.7 Å². The van der Waals surface area contributed by atoms with E-state index in [9.17, 15) is 24.3 Å². The van der Waals surface area contributed by atoms with Crippen LogP contribution in [-0.4, -0.2) is 59.5 Å². The van der Waals surface area contributed by atoms with Gasteiger partial charge in [-0.15, -0.1) is 0 Å². The average molecular weight is 486 g/mol. The fraction of sp³-hybridized carbons (Fsp3) is 0.833. The number of rotatable bonds is 17. The number of hydrogen-bond acceptors (Lipinski definition) is 6. The van der Waals surface area contributed by atoms with E-state index in [1.165, 1.54) is 0 Å². The minimum atomic E-state index is -1.14. The Morgan fingerprint density at radius 2 is 1.26 bits per heavy atom. The molecule has 0 heterocycles. The minimum absolute atomic E-state index is 0.195. The first-order valence-electron chi connectivity index (χ1n) is 12.5. The van der Waals surface area contributed by atoms with E-state index in [0.717, 1.165) is 0 Å². The van der Waals surface area contributed by atoms with E-state index in [4.69, 9.17) is 11.5 Å².